The van der Waals surface area contributed by atoms with Gasteiger partial charge in [0.15, 0.2) is 0 Å². The summed E-state index contributed by atoms with van der Waals surface area (Å²) >= 11 is 0. The zero-order valence-electron chi connectivity index (χ0n) is 6.19. The van der Waals surface area contributed by atoms with Gasteiger partial charge in [-0.25, -0.2) is 0 Å². The molecule has 0 saturated carbocycles. The Morgan fingerprint density at radius 2 is 2.00 bits per heavy atom. The van der Waals surface area contributed by atoms with Gasteiger partial charge in [0.2, 0.25) is 0 Å². The molecule has 0 aromatic rings. The maximum absolute atomic E-state index is 8.41. The average molecular weight is 128 g/mol. The predicted molar refractivity (Wildman–Crippen MR) is 40.4 cm³/mol. The second-order valence-electron chi connectivity index (χ2n) is 2.49. The third-order valence-electron chi connectivity index (χ3n) is 1.26. The van der Waals surface area contributed by atoms with Crippen molar-refractivity contribution in [3.05, 3.63) is 12.2 Å². The molecule has 0 fully saturated rings. The smallest absolute Gasteiger partial charge is 0.0431 e. The van der Waals surface area contributed by atoms with E-state index < -0.39 is 0 Å². The van der Waals surface area contributed by atoms with E-state index >= 15 is 0 Å². The number of allylic oxidation sites excluding steroid dienone is 1. The van der Waals surface area contributed by atoms with E-state index in [1.165, 1.54) is 12.0 Å². The van der Waals surface area contributed by atoms with Gasteiger partial charge >= 0.3 is 0 Å². The van der Waals surface area contributed by atoms with Crippen LogP contribution in [0.2, 0.25) is 0 Å². The summed E-state index contributed by atoms with van der Waals surface area (Å²) in [5.41, 5.74) is 1.24. The van der Waals surface area contributed by atoms with Crippen molar-refractivity contribution < 1.29 is 5.11 Å². The lowest BCUT2D eigenvalue weighted by molar-refractivity contribution is 0.283. The van der Waals surface area contributed by atoms with Gasteiger partial charge in [0.1, 0.15) is 0 Å². The van der Waals surface area contributed by atoms with Crippen LogP contribution >= 0.6 is 0 Å². The quantitative estimate of drug-likeness (QED) is 0.444. The molecule has 0 aliphatic heterocycles. The Kier molecular flexibility index (Phi) is 5.64. The normalized spacial score (nSPS) is 9.56. The van der Waals surface area contributed by atoms with Crippen molar-refractivity contribution in [3.63, 3.8) is 0 Å². The largest absolute Gasteiger partial charge is 0.396 e. The lowest BCUT2D eigenvalue weighted by atomic mass is 10.1. The lowest BCUT2D eigenvalue weighted by Crippen LogP contribution is -1.83. The fraction of sp³-hybridized carbons (Fsp3) is 0.750. The third kappa shape index (κ3) is 7.70. The van der Waals surface area contributed by atoms with E-state index in [2.05, 4.69) is 6.58 Å². The molecule has 0 aliphatic rings. The first-order valence-corrected chi connectivity index (χ1v) is 3.52. The van der Waals surface area contributed by atoms with Gasteiger partial charge in [0.25, 0.3) is 0 Å². The molecule has 1 nitrogen and oxygen atoms in total. The number of hydrogen-bond acceptors (Lipinski definition) is 1. The van der Waals surface area contributed by atoms with Crippen molar-refractivity contribution in [2.45, 2.75) is 32.6 Å². The maximum Gasteiger partial charge on any atom is 0.0431 e. The zero-order chi connectivity index (χ0) is 7.11. The second-order valence-corrected chi connectivity index (χ2v) is 2.49. The molecule has 0 radical (unpaired) electrons. The van der Waals surface area contributed by atoms with Crippen LogP contribution in [-0.2, 0) is 0 Å². The molecule has 0 aromatic carbocycles. The SMILES string of the molecule is C=C(C)CCCCCO. The fourth-order valence-electron chi connectivity index (χ4n) is 0.715. The van der Waals surface area contributed by atoms with E-state index in [1.54, 1.807) is 0 Å². The molecule has 1 heteroatoms. The Morgan fingerprint density at radius 3 is 2.44 bits per heavy atom. The molecule has 0 unspecified atom stereocenters. The Balaban J connectivity index is 2.83. The Morgan fingerprint density at radius 1 is 1.33 bits per heavy atom. The molecule has 0 saturated heterocycles. The molecule has 0 spiro atoms. The summed E-state index contributed by atoms with van der Waals surface area (Å²) in [5, 5.41) is 8.41. The number of unbranched alkanes of at least 4 members (excludes halogenated alkanes) is 2. The van der Waals surface area contributed by atoms with Gasteiger partial charge in [0, 0.05) is 6.61 Å². The van der Waals surface area contributed by atoms with Gasteiger partial charge in [-0.05, 0) is 26.2 Å². The highest BCUT2D eigenvalue weighted by atomic mass is 16.2. The molecule has 0 aromatic heterocycles. The monoisotopic (exact) mass is 128 g/mol. The van der Waals surface area contributed by atoms with Crippen LogP contribution in [-0.4, -0.2) is 11.7 Å². The topological polar surface area (TPSA) is 20.2 Å². The van der Waals surface area contributed by atoms with Gasteiger partial charge in [-0.2, -0.15) is 0 Å². The molecule has 0 aliphatic carbocycles. The zero-order valence-corrected chi connectivity index (χ0v) is 6.19. The summed E-state index contributed by atoms with van der Waals surface area (Å²) in [6.07, 6.45) is 4.35. The summed E-state index contributed by atoms with van der Waals surface area (Å²) < 4.78 is 0. The van der Waals surface area contributed by atoms with E-state index in [0.29, 0.717) is 6.61 Å². The van der Waals surface area contributed by atoms with E-state index in [9.17, 15) is 0 Å². The van der Waals surface area contributed by atoms with Crippen molar-refractivity contribution in [1.29, 1.82) is 0 Å². The minimum Gasteiger partial charge on any atom is -0.396 e. The van der Waals surface area contributed by atoms with Crippen molar-refractivity contribution >= 4 is 0 Å². The Labute approximate surface area is 57.4 Å². The first-order valence-electron chi connectivity index (χ1n) is 3.52. The summed E-state index contributed by atoms with van der Waals surface area (Å²) in [7, 11) is 0. The van der Waals surface area contributed by atoms with E-state index in [4.69, 9.17) is 5.11 Å². The van der Waals surface area contributed by atoms with Gasteiger partial charge in [-0.3, -0.25) is 0 Å². The van der Waals surface area contributed by atoms with Crippen LogP contribution in [0.25, 0.3) is 0 Å². The van der Waals surface area contributed by atoms with E-state index in [-0.39, 0.29) is 0 Å². The van der Waals surface area contributed by atoms with Crippen LogP contribution in [0.4, 0.5) is 0 Å². The number of aliphatic hydroxyl groups is 1. The van der Waals surface area contributed by atoms with Crippen molar-refractivity contribution in [1.82, 2.24) is 0 Å². The Hall–Kier alpha value is -0.300. The predicted octanol–water partition coefficient (Wildman–Crippen LogP) is 2.12. The van der Waals surface area contributed by atoms with E-state index in [1.807, 2.05) is 6.92 Å². The summed E-state index contributed by atoms with van der Waals surface area (Å²) in [4.78, 5) is 0. The molecule has 54 valence electrons. The van der Waals surface area contributed by atoms with Crippen molar-refractivity contribution in [2.75, 3.05) is 6.61 Å². The number of hydrogen-bond donors (Lipinski definition) is 1. The van der Waals surface area contributed by atoms with Crippen molar-refractivity contribution in [3.8, 4) is 0 Å². The molecule has 0 rings (SSSR count). The fourth-order valence-corrected chi connectivity index (χ4v) is 0.715. The Bertz CT molecular complexity index is 76.6. The van der Waals surface area contributed by atoms with E-state index in [0.717, 1.165) is 19.3 Å². The molecule has 9 heavy (non-hydrogen) atoms. The van der Waals surface area contributed by atoms with Crippen LogP contribution in [0.3, 0.4) is 0 Å². The average Bonchev–Trinajstić information content (AvgIpc) is 1.80. The number of aliphatic hydroxyl groups excluding tert-OH is 1. The highest BCUT2D eigenvalue weighted by molar-refractivity contribution is 4.86. The second kappa shape index (κ2) is 5.83. The highest BCUT2D eigenvalue weighted by Crippen LogP contribution is 2.04. The first-order chi connectivity index (χ1) is 4.27. The van der Waals surface area contributed by atoms with Crippen LogP contribution < -0.4 is 0 Å². The lowest BCUT2D eigenvalue weighted by Gasteiger charge is -1.96. The van der Waals surface area contributed by atoms with Gasteiger partial charge in [-0.1, -0.05) is 12.0 Å². The molecule has 0 atom stereocenters. The summed E-state index contributed by atoms with van der Waals surface area (Å²) in [6.45, 7) is 6.16. The minimum absolute atomic E-state index is 0.330. The van der Waals surface area contributed by atoms with Gasteiger partial charge in [-0.15, -0.1) is 6.58 Å². The highest BCUT2D eigenvalue weighted by Gasteiger charge is 1.87. The maximum atomic E-state index is 8.41. The first kappa shape index (κ1) is 8.70. The minimum atomic E-state index is 0.330. The van der Waals surface area contributed by atoms with Crippen LogP contribution in [0.5, 0.6) is 0 Å². The van der Waals surface area contributed by atoms with Crippen LogP contribution in [0.15, 0.2) is 12.2 Å². The molecule has 0 bridgehead atoms. The number of rotatable bonds is 5. The standard InChI is InChI=1S/C8H16O/c1-8(2)6-4-3-5-7-9/h9H,1,3-7H2,2H3. The molecular formula is C8H16O. The summed E-state index contributed by atoms with van der Waals surface area (Å²) in [6, 6.07) is 0. The van der Waals surface area contributed by atoms with Crippen molar-refractivity contribution in [2.24, 2.45) is 0 Å². The van der Waals surface area contributed by atoms with Gasteiger partial charge in [0.05, 0.1) is 0 Å². The van der Waals surface area contributed by atoms with Crippen LogP contribution in [0.1, 0.15) is 32.6 Å². The van der Waals surface area contributed by atoms with Crippen LogP contribution in [0, 0.1) is 0 Å². The third-order valence-corrected chi connectivity index (χ3v) is 1.26. The molecule has 1 N–H and O–H groups in total. The molecule has 0 amide bonds. The molecular weight excluding hydrogens is 112 g/mol. The molecule has 0 heterocycles. The van der Waals surface area contributed by atoms with Gasteiger partial charge < -0.3 is 5.11 Å². The summed E-state index contributed by atoms with van der Waals surface area (Å²) in [5.74, 6) is 0.